The lowest BCUT2D eigenvalue weighted by Crippen LogP contribution is -2.35. The number of rotatable bonds is 8. The summed E-state index contributed by atoms with van der Waals surface area (Å²) >= 11 is 0. The Morgan fingerprint density at radius 1 is 1.00 bits per heavy atom. The van der Waals surface area contributed by atoms with Gasteiger partial charge in [-0.05, 0) is 38.7 Å². The van der Waals surface area contributed by atoms with E-state index >= 15 is 0 Å². The average molecular weight is 266 g/mol. The van der Waals surface area contributed by atoms with Crippen LogP contribution in [0.25, 0.3) is 0 Å². The zero-order valence-corrected chi connectivity index (χ0v) is 12.2. The SMILES string of the molecule is COC(C)(C)CCC(CO)(CO)Cc1ccccc1. The molecule has 2 N–H and O–H groups in total. The van der Waals surface area contributed by atoms with Gasteiger partial charge in [0.15, 0.2) is 0 Å². The topological polar surface area (TPSA) is 49.7 Å². The number of benzene rings is 1. The van der Waals surface area contributed by atoms with Gasteiger partial charge >= 0.3 is 0 Å². The molecule has 0 unspecified atom stereocenters. The Kier molecular flexibility index (Phi) is 5.98. The Balaban J connectivity index is 2.74. The van der Waals surface area contributed by atoms with Crippen molar-refractivity contribution in [3.63, 3.8) is 0 Å². The molecular weight excluding hydrogens is 240 g/mol. The summed E-state index contributed by atoms with van der Waals surface area (Å²) in [7, 11) is 1.69. The van der Waals surface area contributed by atoms with Gasteiger partial charge in [0.25, 0.3) is 0 Å². The first-order valence-corrected chi connectivity index (χ1v) is 6.78. The van der Waals surface area contributed by atoms with E-state index in [1.807, 2.05) is 44.2 Å². The maximum absolute atomic E-state index is 9.71. The van der Waals surface area contributed by atoms with Gasteiger partial charge in [0.2, 0.25) is 0 Å². The summed E-state index contributed by atoms with van der Waals surface area (Å²) in [5, 5.41) is 19.4. The highest BCUT2D eigenvalue weighted by Crippen LogP contribution is 2.31. The summed E-state index contributed by atoms with van der Waals surface area (Å²) in [4.78, 5) is 0. The Morgan fingerprint density at radius 2 is 1.58 bits per heavy atom. The van der Waals surface area contributed by atoms with Crippen LogP contribution in [0.3, 0.4) is 0 Å². The monoisotopic (exact) mass is 266 g/mol. The van der Waals surface area contributed by atoms with Crippen LogP contribution in [0.4, 0.5) is 0 Å². The minimum atomic E-state index is -0.475. The lowest BCUT2D eigenvalue weighted by molar-refractivity contribution is -0.0162. The Labute approximate surface area is 116 Å². The number of methoxy groups -OCH3 is 1. The molecule has 1 aromatic rings. The fraction of sp³-hybridized carbons (Fsp3) is 0.625. The standard InChI is InChI=1S/C16H26O3/c1-15(2,19-3)9-10-16(12-17,13-18)11-14-7-5-4-6-8-14/h4-8,17-18H,9-13H2,1-3H3. The third kappa shape index (κ3) is 4.94. The van der Waals surface area contributed by atoms with Crippen molar-refractivity contribution in [2.75, 3.05) is 20.3 Å². The fourth-order valence-electron chi connectivity index (χ4n) is 2.11. The van der Waals surface area contributed by atoms with Crippen molar-refractivity contribution in [1.29, 1.82) is 0 Å². The van der Waals surface area contributed by atoms with E-state index in [2.05, 4.69) is 0 Å². The molecule has 0 fully saturated rings. The lowest BCUT2D eigenvalue weighted by atomic mass is 9.77. The van der Waals surface area contributed by atoms with Crippen LogP contribution in [-0.2, 0) is 11.2 Å². The second-order valence-corrected chi connectivity index (χ2v) is 5.94. The van der Waals surface area contributed by atoms with Crippen LogP contribution < -0.4 is 0 Å². The molecule has 19 heavy (non-hydrogen) atoms. The summed E-state index contributed by atoms with van der Waals surface area (Å²) in [6.07, 6.45) is 2.22. The van der Waals surface area contributed by atoms with E-state index in [0.29, 0.717) is 6.42 Å². The van der Waals surface area contributed by atoms with E-state index in [-0.39, 0.29) is 18.8 Å². The predicted molar refractivity (Wildman–Crippen MR) is 77.1 cm³/mol. The zero-order valence-electron chi connectivity index (χ0n) is 12.2. The van der Waals surface area contributed by atoms with E-state index in [0.717, 1.165) is 18.4 Å². The van der Waals surface area contributed by atoms with E-state index in [4.69, 9.17) is 4.74 Å². The molecule has 0 heterocycles. The van der Waals surface area contributed by atoms with Gasteiger partial charge in [-0.3, -0.25) is 0 Å². The smallest absolute Gasteiger partial charge is 0.0623 e. The van der Waals surface area contributed by atoms with Crippen LogP contribution in [0.1, 0.15) is 32.3 Å². The van der Waals surface area contributed by atoms with Gasteiger partial charge < -0.3 is 14.9 Å². The Bertz CT molecular complexity index is 356. The van der Waals surface area contributed by atoms with Crippen LogP contribution in [-0.4, -0.2) is 36.1 Å². The van der Waals surface area contributed by atoms with Crippen molar-refractivity contribution in [2.45, 2.75) is 38.7 Å². The summed E-state index contributed by atoms with van der Waals surface area (Å²) in [6.45, 7) is 4.01. The lowest BCUT2D eigenvalue weighted by Gasteiger charge is -2.33. The third-order valence-corrected chi connectivity index (χ3v) is 3.90. The largest absolute Gasteiger partial charge is 0.396 e. The molecule has 0 amide bonds. The molecule has 3 nitrogen and oxygen atoms in total. The van der Waals surface area contributed by atoms with E-state index < -0.39 is 5.41 Å². The fourth-order valence-corrected chi connectivity index (χ4v) is 2.11. The van der Waals surface area contributed by atoms with Crippen LogP contribution in [0, 0.1) is 5.41 Å². The minimum Gasteiger partial charge on any atom is -0.396 e. The van der Waals surface area contributed by atoms with E-state index in [9.17, 15) is 10.2 Å². The quantitative estimate of drug-likeness (QED) is 0.759. The molecule has 0 aromatic heterocycles. The van der Waals surface area contributed by atoms with Gasteiger partial charge in [-0.2, -0.15) is 0 Å². The molecule has 0 aliphatic heterocycles. The van der Waals surface area contributed by atoms with Gasteiger partial charge in [-0.25, -0.2) is 0 Å². The molecule has 0 saturated carbocycles. The maximum Gasteiger partial charge on any atom is 0.0623 e. The molecule has 0 atom stereocenters. The van der Waals surface area contributed by atoms with Gasteiger partial charge in [0.1, 0.15) is 0 Å². The first-order valence-electron chi connectivity index (χ1n) is 6.78. The minimum absolute atomic E-state index is 0.0157. The maximum atomic E-state index is 9.71. The molecule has 0 radical (unpaired) electrons. The number of aliphatic hydroxyl groups excluding tert-OH is 2. The second kappa shape index (κ2) is 7.04. The predicted octanol–water partition coefficient (Wildman–Crippen LogP) is 2.41. The first kappa shape index (κ1) is 16.2. The molecular formula is C16H26O3. The molecule has 0 aliphatic rings. The van der Waals surface area contributed by atoms with Gasteiger partial charge in [-0.15, -0.1) is 0 Å². The van der Waals surface area contributed by atoms with Crippen molar-refractivity contribution in [3.8, 4) is 0 Å². The van der Waals surface area contributed by atoms with Crippen molar-refractivity contribution >= 4 is 0 Å². The Morgan fingerprint density at radius 3 is 2.05 bits per heavy atom. The van der Waals surface area contributed by atoms with Gasteiger partial charge in [0.05, 0.1) is 18.8 Å². The van der Waals surface area contributed by atoms with Crippen LogP contribution in [0.2, 0.25) is 0 Å². The second-order valence-electron chi connectivity index (χ2n) is 5.94. The van der Waals surface area contributed by atoms with Crippen LogP contribution >= 0.6 is 0 Å². The van der Waals surface area contributed by atoms with Crippen LogP contribution in [0.5, 0.6) is 0 Å². The third-order valence-electron chi connectivity index (χ3n) is 3.90. The van der Waals surface area contributed by atoms with Crippen molar-refractivity contribution in [1.82, 2.24) is 0 Å². The van der Waals surface area contributed by atoms with E-state index in [1.165, 1.54) is 0 Å². The Hall–Kier alpha value is -0.900. The average Bonchev–Trinajstić information content (AvgIpc) is 2.45. The molecule has 3 heteroatoms. The van der Waals surface area contributed by atoms with Gasteiger partial charge in [0, 0.05) is 12.5 Å². The van der Waals surface area contributed by atoms with Crippen molar-refractivity contribution in [3.05, 3.63) is 35.9 Å². The van der Waals surface area contributed by atoms with Crippen LogP contribution in [0.15, 0.2) is 30.3 Å². The molecule has 0 spiro atoms. The summed E-state index contributed by atoms with van der Waals surface area (Å²) < 4.78 is 5.41. The first-order chi connectivity index (χ1) is 8.97. The molecule has 0 aliphatic carbocycles. The van der Waals surface area contributed by atoms with E-state index in [1.54, 1.807) is 7.11 Å². The zero-order chi connectivity index (χ0) is 14.4. The van der Waals surface area contributed by atoms with Crippen molar-refractivity contribution in [2.24, 2.45) is 5.41 Å². The van der Waals surface area contributed by atoms with Crippen molar-refractivity contribution < 1.29 is 14.9 Å². The number of ether oxygens (including phenoxy) is 1. The molecule has 1 rings (SSSR count). The normalized spacial score (nSPS) is 12.7. The summed E-state index contributed by atoms with van der Waals surface area (Å²) in [5.41, 5.74) is 0.435. The molecule has 108 valence electrons. The highest BCUT2D eigenvalue weighted by Gasteiger charge is 2.31. The molecule has 1 aromatic carbocycles. The summed E-state index contributed by atoms with van der Waals surface area (Å²) in [6, 6.07) is 9.99. The molecule has 0 saturated heterocycles. The highest BCUT2D eigenvalue weighted by molar-refractivity contribution is 5.16. The highest BCUT2D eigenvalue weighted by atomic mass is 16.5. The van der Waals surface area contributed by atoms with Gasteiger partial charge in [-0.1, -0.05) is 30.3 Å². The number of aliphatic hydroxyl groups is 2. The number of hydrogen-bond acceptors (Lipinski definition) is 3. The number of hydrogen-bond donors (Lipinski definition) is 2. The molecule has 0 bridgehead atoms. The summed E-state index contributed by atoms with van der Waals surface area (Å²) in [5.74, 6) is 0.